The van der Waals surface area contributed by atoms with Crippen LogP contribution in [-0.2, 0) is 19.3 Å². The fourth-order valence-corrected chi connectivity index (χ4v) is 3.07. The molecule has 3 aliphatic rings. The Balaban J connectivity index is 1.72. The van der Waals surface area contributed by atoms with Gasteiger partial charge in [-0.15, -0.1) is 0 Å². The predicted octanol–water partition coefficient (Wildman–Crippen LogP) is 3.19. The molecule has 0 spiro atoms. The van der Waals surface area contributed by atoms with Crippen molar-refractivity contribution in [2.24, 2.45) is 10.3 Å². The van der Waals surface area contributed by atoms with E-state index in [9.17, 15) is 19.2 Å². The zero-order chi connectivity index (χ0) is 22.8. The second kappa shape index (κ2) is 8.35. The molecule has 32 heavy (non-hydrogen) atoms. The second-order valence-electron chi connectivity index (χ2n) is 7.13. The maximum atomic E-state index is 13.0. The number of hydrogen-bond acceptors (Lipinski definition) is 8. The Morgan fingerprint density at radius 1 is 0.625 bits per heavy atom. The number of fused-ring (bicyclic) bond motifs is 1. The Morgan fingerprint density at radius 3 is 1.41 bits per heavy atom. The molecule has 0 heterocycles. The van der Waals surface area contributed by atoms with Crippen LogP contribution in [0.25, 0.3) is 0 Å². The van der Waals surface area contributed by atoms with Crippen LogP contribution < -0.4 is 0 Å². The van der Waals surface area contributed by atoms with Gasteiger partial charge in [0.1, 0.15) is 11.4 Å². The number of ketones is 4. The van der Waals surface area contributed by atoms with Gasteiger partial charge < -0.3 is 9.68 Å². The number of allylic oxidation sites excluding steroid dienone is 10. The number of oxime groups is 2. The lowest BCUT2D eigenvalue weighted by molar-refractivity contribution is -0.112. The van der Waals surface area contributed by atoms with Crippen molar-refractivity contribution < 1.29 is 28.9 Å². The summed E-state index contributed by atoms with van der Waals surface area (Å²) in [6, 6.07) is 6.25. The molecule has 4 rings (SSSR count). The van der Waals surface area contributed by atoms with Crippen molar-refractivity contribution in [1.82, 2.24) is 0 Å². The average Bonchev–Trinajstić information content (AvgIpc) is 2.79. The molecular formula is C24H16N2O6. The first-order chi connectivity index (χ1) is 15.3. The van der Waals surface area contributed by atoms with Crippen molar-refractivity contribution >= 4 is 34.6 Å². The second-order valence-corrected chi connectivity index (χ2v) is 7.13. The molecule has 1 aromatic carbocycles. The summed E-state index contributed by atoms with van der Waals surface area (Å²) in [6.45, 7) is 3.24. The molecule has 0 fully saturated rings. The smallest absolute Gasteiger partial charge is 0.255 e. The topological polar surface area (TPSA) is 111 Å². The fourth-order valence-electron chi connectivity index (χ4n) is 3.07. The highest BCUT2D eigenvalue weighted by atomic mass is 16.7. The molecule has 0 radical (unpaired) electrons. The molecule has 158 valence electrons. The summed E-state index contributed by atoms with van der Waals surface area (Å²) in [5, 5.41) is 7.78. The number of carbonyl (C=O) groups is 4. The van der Waals surface area contributed by atoms with Gasteiger partial charge in [0.15, 0.2) is 11.6 Å². The summed E-state index contributed by atoms with van der Waals surface area (Å²) in [5.41, 5.74) is 1.76. The third kappa shape index (κ3) is 3.93. The molecule has 0 saturated carbocycles. The SMILES string of the molecule is CC1=C/C(=N\OC2=C(O/N=C3/C=CC(=O)C(C)=C3)C(=O)c3ccccc3C2=O)C=CC1=O. The summed E-state index contributed by atoms with van der Waals surface area (Å²) < 4.78 is 0. The lowest BCUT2D eigenvalue weighted by Crippen LogP contribution is -2.24. The molecule has 1 aromatic rings. The molecule has 0 unspecified atom stereocenters. The number of benzene rings is 1. The van der Waals surface area contributed by atoms with Crippen LogP contribution in [0.1, 0.15) is 34.6 Å². The van der Waals surface area contributed by atoms with E-state index in [2.05, 4.69) is 10.3 Å². The van der Waals surface area contributed by atoms with Gasteiger partial charge in [0, 0.05) is 11.1 Å². The highest BCUT2D eigenvalue weighted by Crippen LogP contribution is 2.28. The Kier molecular flexibility index (Phi) is 5.43. The van der Waals surface area contributed by atoms with Crippen LogP contribution in [0.4, 0.5) is 0 Å². The highest BCUT2D eigenvalue weighted by Gasteiger charge is 2.36. The number of nitrogens with zero attached hydrogens (tertiary/aromatic N) is 2. The molecule has 0 aliphatic heterocycles. The number of rotatable bonds is 4. The summed E-state index contributed by atoms with van der Waals surface area (Å²) in [7, 11) is 0. The van der Waals surface area contributed by atoms with E-state index in [0.29, 0.717) is 11.1 Å². The third-order valence-corrected chi connectivity index (χ3v) is 4.84. The summed E-state index contributed by atoms with van der Waals surface area (Å²) in [6.07, 6.45) is 8.48. The maximum Gasteiger partial charge on any atom is 0.255 e. The third-order valence-electron chi connectivity index (χ3n) is 4.84. The van der Waals surface area contributed by atoms with E-state index >= 15 is 0 Å². The van der Waals surface area contributed by atoms with Crippen molar-refractivity contribution in [3.05, 3.63) is 94.5 Å². The van der Waals surface area contributed by atoms with Crippen molar-refractivity contribution in [3.63, 3.8) is 0 Å². The molecule has 0 saturated heterocycles. The van der Waals surface area contributed by atoms with Gasteiger partial charge in [-0.2, -0.15) is 0 Å². The highest BCUT2D eigenvalue weighted by molar-refractivity contribution is 6.25. The van der Waals surface area contributed by atoms with Gasteiger partial charge in [-0.25, -0.2) is 0 Å². The van der Waals surface area contributed by atoms with Crippen molar-refractivity contribution in [1.29, 1.82) is 0 Å². The van der Waals surface area contributed by atoms with E-state index in [4.69, 9.17) is 9.68 Å². The van der Waals surface area contributed by atoms with Gasteiger partial charge >= 0.3 is 0 Å². The quantitative estimate of drug-likeness (QED) is 0.538. The average molecular weight is 428 g/mol. The first-order valence-electron chi connectivity index (χ1n) is 9.59. The molecule has 0 N–H and O–H groups in total. The van der Waals surface area contributed by atoms with E-state index < -0.39 is 23.1 Å². The van der Waals surface area contributed by atoms with Crippen molar-refractivity contribution in [2.75, 3.05) is 0 Å². The Morgan fingerprint density at radius 2 is 1.03 bits per heavy atom. The van der Waals surface area contributed by atoms with Crippen LogP contribution in [-0.4, -0.2) is 34.6 Å². The first-order valence-corrected chi connectivity index (χ1v) is 9.59. The monoisotopic (exact) mass is 428 g/mol. The van der Waals surface area contributed by atoms with Gasteiger partial charge in [-0.3, -0.25) is 19.2 Å². The molecule has 0 bridgehead atoms. The molecule has 8 heteroatoms. The van der Waals surface area contributed by atoms with Gasteiger partial charge in [0.2, 0.25) is 11.6 Å². The molecule has 0 aromatic heterocycles. The fraction of sp³-hybridized carbons (Fsp3) is 0.0833. The van der Waals surface area contributed by atoms with Gasteiger partial charge in [-0.05, 0) is 61.4 Å². The summed E-state index contributed by atoms with van der Waals surface area (Å²) in [5.74, 6) is -2.39. The summed E-state index contributed by atoms with van der Waals surface area (Å²) in [4.78, 5) is 59.9. The molecule has 0 atom stereocenters. The molecule has 3 aliphatic carbocycles. The minimum Gasteiger partial charge on any atom is -0.348 e. The number of hydrogen-bond donors (Lipinski definition) is 0. The minimum absolute atomic E-state index is 0.146. The largest absolute Gasteiger partial charge is 0.348 e. The zero-order valence-electron chi connectivity index (χ0n) is 17.1. The van der Waals surface area contributed by atoms with Crippen molar-refractivity contribution in [3.8, 4) is 0 Å². The van der Waals surface area contributed by atoms with E-state index in [0.717, 1.165) is 0 Å². The Bertz CT molecular complexity index is 1200. The van der Waals surface area contributed by atoms with Crippen LogP contribution in [0.5, 0.6) is 0 Å². The lowest BCUT2D eigenvalue weighted by Gasteiger charge is -2.17. The number of carbonyl (C=O) groups excluding carboxylic acids is 4. The van der Waals surface area contributed by atoms with E-state index in [1.165, 1.54) is 48.6 Å². The molecule has 8 nitrogen and oxygen atoms in total. The van der Waals surface area contributed by atoms with Gasteiger partial charge in [0.25, 0.3) is 11.5 Å². The number of Topliss-reactive ketones (excluding diaryl/α,β-unsaturated/α-hetero) is 2. The summed E-state index contributed by atoms with van der Waals surface area (Å²) >= 11 is 0. The van der Waals surface area contributed by atoms with Gasteiger partial charge in [0.05, 0.1) is 0 Å². The minimum atomic E-state index is -0.600. The van der Waals surface area contributed by atoms with E-state index in [1.807, 2.05) is 0 Å². The van der Waals surface area contributed by atoms with Crippen LogP contribution in [0.15, 0.2) is 93.7 Å². The maximum absolute atomic E-state index is 13.0. The van der Waals surface area contributed by atoms with E-state index in [1.54, 1.807) is 26.0 Å². The first kappa shape index (κ1) is 20.8. The Hall–Kier alpha value is -4.46. The normalized spacial score (nSPS) is 20.6. The van der Waals surface area contributed by atoms with E-state index in [-0.39, 0.29) is 34.1 Å². The standard InChI is InChI=1S/C24H16N2O6/c1-13-11-15(7-9-19(13)27)25-31-23-21(29)17-5-3-4-6-18(17)22(30)24(23)32-26-16-8-10-20(28)14(2)12-16/h3-12H,1-2H3/b25-15-,26-16-. The molecular weight excluding hydrogens is 412 g/mol. The van der Waals surface area contributed by atoms with Gasteiger partial charge in [-0.1, -0.05) is 34.6 Å². The predicted molar refractivity (Wildman–Crippen MR) is 115 cm³/mol. The van der Waals surface area contributed by atoms with Crippen molar-refractivity contribution in [2.45, 2.75) is 13.8 Å². The van der Waals surface area contributed by atoms with Crippen LogP contribution in [0, 0.1) is 0 Å². The molecule has 0 amide bonds. The van der Waals surface area contributed by atoms with Crippen LogP contribution in [0.2, 0.25) is 0 Å². The zero-order valence-corrected chi connectivity index (χ0v) is 17.1. The van der Waals surface area contributed by atoms with Crippen LogP contribution in [0.3, 0.4) is 0 Å². The Labute approximate surface area is 182 Å². The lowest BCUT2D eigenvalue weighted by atomic mass is 9.92. The van der Waals surface area contributed by atoms with Crippen LogP contribution >= 0.6 is 0 Å².